The molecule has 0 aliphatic heterocycles. The Morgan fingerprint density at radius 3 is 2.62 bits per heavy atom. The summed E-state index contributed by atoms with van der Waals surface area (Å²) < 4.78 is 5.68. The van der Waals surface area contributed by atoms with Crippen molar-refractivity contribution >= 4 is 17.3 Å². The molecule has 0 spiro atoms. The number of thiazole rings is 1. The van der Waals surface area contributed by atoms with Gasteiger partial charge in [0.05, 0.1) is 11.3 Å². The number of hydrogen-bond donors (Lipinski definition) is 1. The zero-order chi connectivity index (χ0) is 17.1. The van der Waals surface area contributed by atoms with Crippen LogP contribution in [-0.4, -0.2) is 16.1 Å². The quantitative estimate of drug-likeness (QED) is 0.732. The Hall–Kier alpha value is -2.66. The van der Waals surface area contributed by atoms with Crippen molar-refractivity contribution in [1.29, 1.82) is 0 Å². The van der Waals surface area contributed by atoms with Crippen LogP contribution in [0.4, 0.5) is 0 Å². The minimum atomic E-state index is -0.945. The van der Waals surface area contributed by atoms with Crippen molar-refractivity contribution in [2.45, 2.75) is 20.5 Å². The summed E-state index contributed by atoms with van der Waals surface area (Å²) in [4.78, 5) is 15.5. The zero-order valence-electron chi connectivity index (χ0n) is 13.4. The summed E-state index contributed by atoms with van der Waals surface area (Å²) in [5.41, 5.74) is 4.75. The molecular formula is C19H17NO3S. The lowest BCUT2D eigenvalue weighted by Gasteiger charge is -2.05. The van der Waals surface area contributed by atoms with Crippen molar-refractivity contribution in [3.8, 4) is 17.0 Å². The Bertz CT molecular complexity index is 869. The number of benzene rings is 2. The molecule has 3 rings (SSSR count). The van der Waals surface area contributed by atoms with Gasteiger partial charge in [-0.25, -0.2) is 9.78 Å². The van der Waals surface area contributed by atoms with Gasteiger partial charge in [-0.3, -0.25) is 0 Å². The fraction of sp³-hybridized carbons (Fsp3) is 0.158. The van der Waals surface area contributed by atoms with Gasteiger partial charge in [-0.1, -0.05) is 17.7 Å². The monoisotopic (exact) mass is 339 g/mol. The smallest absolute Gasteiger partial charge is 0.335 e. The van der Waals surface area contributed by atoms with E-state index >= 15 is 0 Å². The molecule has 122 valence electrons. The summed E-state index contributed by atoms with van der Waals surface area (Å²) in [5, 5.41) is 11.8. The second kappa shape index (κ2) is 6.84. The third kappa shape index (κ3) is 3.63. The molecule has 0 fully saturated rings. The van der Waals surface area contributed by atoms with Gasteiger partial charge in [0.25, 0.3) is 0 Å². The number of hydrogen-bond acceptors (Lipinski definition) is 4. The van der Waals surface area contributed by atoms with Crippen molar-refractivity contribution in [2.24, 2.45) is 0 Å². The number of carboxylic acids is 1. The number of rotatable bonds is 5. The molecule has 0 atom stereocenters. The molecular weight excluding hydrogens is 322 g/mol. The molecule has 4 nitrogen and oxygen atoms in total. The molecule has 0 saturated carbocycles. The minimum Gasteiger partial charge on any atom is -0.486 e. The molecule has 1 aromatic heterocycles. The van der Waals surface area contributed by atoms with Gasteiger partial charge in [-0.05, 0) is 49.7 Å². The molecule has 0 radical (unpaired) electrons. The number of aromatic nitrogens is 1. The Morgan fingerprint density at radius 1 is 1.17 bits per heavy atom. The maximum atomic E-state index is 10.8. The van der Waals surface area contributed by atoms with Crippen LogP contribution in [0.1, 0.15) is 26.5 Å². The van der Waals surface area contributed by atoms with E-state index in [0.29, 0.717) is 12.4 Å². The molecule has 24 heavy (non-hydrogen) atoms. The van der Waals surface area contributed by atoms with Crippen LogP contribution in [0.5, 0.6) is 5.75 Å². The summed E-state index contributed by atoms with van der Waals surface area (Å²) in [7, 11) is 0. The Morgan fingerprint density at radius 2 is 1.92 bits per heavy atom. The lowest BCUT2D eigenvalue weighted by atomic mass is 10.0. The molecule has 2 aromatic carbocycles. The van der Waals surface area contributed by atoms with Gasteiger partial charge >= 0.3 is 5.97 Å². The highest BCUT2D eigenvalue weighted by Gasteiger charge is 2.08. The summed E-state index contributed by atoms with van der Waals surface area (Å²) in [5.74, 6) is -0.317. The van der Waals surface area contributed by atoms with E-state index in [1.807, 2.05) is 5.38 Å². The topological polar surface area (TPSA) is 59.4 Å². The van der Waals surface area contributed by atoms with Crippen LogP contribution in [0, 0.1) is 13.8 Å². The third-order valence-corrected chi connectivity index (χ3v) is 4.51. The van der Waals surface area contributed by atoms with E-state index in [1.54, 1.807) is 23.5 Å². The predicted octanol–water partition coefficient (Wildman–Crippen LogP) is 4.70. The summed E-state index contributed by atoms with van der Waals surface area (Å²) in [6.45, 7) is 4.51. The molecule has 0 amide bonds. The van der Waals surface area contributed by atoms with Gasteiger partial charge in [-0.15, -0.1) is 11.3 Å². The molecule has 0 bridgehead atoms. The first kappa shape index (κ1) is 16.2. The van der Waals surface area contributed by atoms with E-state index in [2.05, 4.69) is 37.0 Å². The first-order chi connectivity index (χ1) is 11.5. The molecule has 0 aliphatic rings. The van der Waals surface area contributed by atoms with Gasteiger partial charge in [-0.2, -0.15) is 0 Å². The van der Waals surface area contributed by atoms with Gasteiger partial charge < -0.3 is 9.84 Å². The molecule has 1 N–H and O–H groups in total. The van der Waals surface area contributed by atoms with E-state index < -0.39 is 5.97 Å². The van der Waals surface area contributed by atoms with Gasteiger partial charge in [0, 0.05) is 10.9 Å². The minimum absolute atomic E-state index is 0.244. The number of carboxylic acid groups (broad SMARTS) is 1. The second-order valence-corrected chi connectivity index (χ2v) is 6.51. The van der Waals surface area contributed by atoms with E-state index in [-0.39, 0.29) is 5.56 Å². The normalized spacial score (nSPS) is 10.6. The highest BCUT2D eigenvalue weighted by molar-refractivity contribution is 7.09. The Balaban J connectivity index is 1.70. The van der Waals surface area contributed by atoms with Crippen molar-refractivity contribution in [2.75, 3.05) is 0 Å². The molecule has 0 saturated heterocycles. The van der Waals surface area contributed by atoms with Crippen molar-refractivity contribution < 1.29 is 14.6 Å². The standard InChI is InChI=1S/C19H17NO3S/c1-12-3-4-13(2)16(9-12)17-11-24-18(20-17)10-23-15-7-5-14(6-8-15)19(21)22/h3-9,11H,10H2,1-2H3,(H,21,22). The summed E-state index contributed by atoms with van der Waals surface area (Å²) in [6.07, 6.45) is 0. The van der Waals surface area contributed by atoms with E-state index in [4.69, 9.17) is 9.84 Å². The van der Waals surface area contributed by atoms with Crippen LogP contribution in [0.3, 0.4) is 0 Å². The van der Waals surface area contributed by atoms with Crippen LogP contribution >= 0.6 is 11.3 Å². The van der Waals surface area contributed by atoms with Crippen LogP contribution < -0.4 is 4.74 Å². The fourth-order valence-electron chi connectivity index (χ4n) is 2.35. The van der Waals surface area contributed by atoms with Crippen LogP contribution in [0.25, 0.3) is 11.3 Å². The third-order valence-electron chi connectivity index (χ3n) is 3.68. The van der Waals surface area contributed by atoms with Crippen LogP contribution in [0.15, 0.2) is 47.8 Å². The average molecular weight is 339 g/mol. The van der Waals surface area contributed by atoms with Gasteiger partial charge in [0.1, 0.15) is 17.4 Å². The molecule has 3 aromatic rings. The largest absolute Gasteiger partial charge is 0.486 e. The lowest BCUT2D eigenvalue weighted by Crippen LogP contribution is -1.98. The molecule has 1 heterocycles. The molecule has 5 heteroatoms. The van der Waals surface area contributed by atoms with E-state index in [1.165, 1.54) is 23.3 Å². The fourth-order valence-corrected chi connectivity index (χ4v) is 3.06. The number of aryl methyl sites for hydroxylation is 2. The SMILES string of the molecule is Cc1ccc(C)c(-c2csc(COc3ccc(C(=O)O)cc3)n2)c1. The van der Waals surface area contributed by atoms with Crippen LogP contribution in [-0.2, 0) is 6.61 Å². The van der Waals surface area contributed by atoms with Gasteiger partial charge in [0.2, 0.25) is 0 Å². The predicted molar refractivity (Wildman–Crippen MR) is 94.8 cm³/mol. The highest BCUT2D eigenvalue weighted by atomic mass is 32.1. The van der Waals surface area contributed by atoms with E-state index in [0.717, 1.165) is 16.3 Å². The highest BCUT2D eigenvalue weighted by Crippen LogP contribution is 2.26. The first-order valence-corrected chi connectivity index (χ1v) is 8.39. The maximum Gasteiger partial charge on any atom is 0.335 e. The number of nitrogens with zero attached hydrogens (tertiary/aromatic N) is 1. The lowest BCUT2D eigenvalue weighted by molar-refractivity contribution is 0.0697. The molecule has 0 aliphatic carbocycles. The first-order valence-electron chi connectivity index (χ1n) is 7.51. The summed E-state index contributed by atoms with van der Waals surface area (Å²) >= 11 is 1.56. The average Bonchev–Trinajstić information content (AvgIpc) is 3.04. The maximum absolute atomic E-state index is 10.8. The van der Waals surface area contributed by atoms with Crippen molar-refractivity contribution in [3.05, 3.63) is 69.5 Å². The van der Waals surface area contributed by atoms with Crippen LogP contribution in [0.2, 0.25) is 0 Å². The second-order valence-electron chi connectivity index (χ2n) is 5.56. The van der Waals surface area contributed by atoms with Crippen molar-refractivity contribution in [3.63, 3.8) is 0 Å². The number of ether oxygens (including phenoxy) is 1. The summed E-state index contributed by atoms with van der Waals surface area (Å²) in [6, 6.07) is 12.7. The zero-order valence-corrected chi connectivity index (χ0v) is 14.3. The van der Waals surface area contributed by atoms with Crippen molar-refractivity contribution in [1.82, 2.24) is 4.98 Å². The molecule has 0 unspecified atom stereocenters. The number of carbonyl (C=O) groups is 1. The Kier molecular flexibility index (Phi) is 4.62. The Labute approximate surface area is 144 Å². The van der Waals surface area contributed by atoms with Gasteiger partial charge in [0.15, 0.2) is 0 Å². The van der Waals surface area contributed by atoms with E-state index in [9.17, 15) is 4.79 Å². The number of aromatic carboxylic acids is 1.